The number of fused-ring (bicyclic) bond motifs is 1. The third-order valence-electron chi connectivity index (χ3n) is 3.96. The third kappa shape index (κ3) is 2.73. The first-order chi connectivity index (χ1) is 10.3. The first-order valence-electron chi connectivity index (χ1n) is 7.47. The maximum Gasteiger partial charge on any atom is 0.113 e. The summed E-state index contributed by atoms with van der Waals surface area (Å²) in [7, 11) is 0. The van der Waals surface area contributed by atoms with Crippen LogP contribution in [0.25, 0.3) is 11.0 Å². The van der Waals surface area contributed by atoms with E-state index in [0.29, 0.717) is 0 Å². The van der Waals surface area contributed by atoms with E-state index in [-0.39, 0.29) is 10.8 Å². The first-order valence-corrected chi connectivity index (χ1v) is 7.47. The lowest BCUT2D eigenvalue weighted by Gasteiger charge is -2.25. The van der Waals surface area contributed by atoms with Gasteiger partial charge in [-0.2, -0.15) is 15.4 Å². The minimum absolute atomic E-state index is 0.0159. The third-order valence-corrected chi connectivity index (χ3v) is 3.96. The number of benzene rings is 1. The van der Waals surface area contributed by atoms with E-state index in [0.717, 1.165) is 23.3 Å². The van der Waals surface area contributed by atoms with Crippen LogP contribution in [0.2, 0.25) is 0 Å². The molecule has 0 radical (unpaired) electrons. The second-order valence-electron chi connectivity index (χ2n) is 7.46. The van der Waals surface area contributed by atoms with Crippen LogP contribution >= 0.6 is 0 Å². The van der Waals surface area contributed by atoms with Gasteiger partial charge in [-0.1, -0.05) is 45.9 Å². The summed E-state index contributed by atoms with van der Waals surface area (Å²) in [5.74, 6) is 0. The van der Waals surface area contributed by atoms with Crippen molar-refractivity contribution in [3.8, 4) is 0 Å². The summed E-state index contributed by atoms with van der Waals surface area (Å²) in [4.78, 5) is 0. The molecular formula is C16H22N6. The Morgan fingerprint density at radius 2 is 1.77 bits per heavy atom. The van der Waals surface area contributed by atoms with Gasteiger partial charge in [-0.3, -0.25) is 4.68 Å². The lowest BCUT2D eigenvalue weighted by atomic mass is 9.84. The van der Waals surface area contributed by atoms with Crippen LogP contribution in [-0.4, -0.2) is 30.4 Å². The number of nitrogens with one attached hydrogen (secondary N) is 1. The van der Waals surface area contributed by atoms with Gasteiger partial charge in [0.1, 0.15) is 11.0 Å². The Balaban J connectivity index is 1.87. The van der Waals surface area contributed by atoms with Gasteiger partial charge in [0.2, 0.25) is 0 Å². The van der Waals surface area contributed by atoms with Crippen LogP contribution in [0.4, 0.5) is 0 Å². The fourth-order valence-electron chi connectivity index (χ4n) is 2.48. The molecule has 22 heavy (non-hydrogen) atoms. The smallest absolute Gasteiger partial charge is 0.113 e. The van der Waals surface area contributed by atoms with Gasteiger partial charge in [0.25, 0.3) is 0 Å². The van der Waals surface area contributed by atoms with Crippen LogP contribution in [-0.2, 0) is 17.4 Å². The van der Waals surface area contributed by atoms with Crippen molar-refractivity contribution in [2.75, 3.05) is 0 Å². The number of aromatic amines is 1. The maximum absolute atomic E-state index is 4.29. The molecule has 6 heteroatoms. The molecule has 0 fully saturated rings. The Morgan fingerprint density at radius 3 is 2.45 bits per heavy atom. The standard InChI is InChI=1S/C16H22N6/c1-15(2,3)14-9-22(21-19-14)10-16(4,5)11-6-7-12-13(8-11)18-20-17-12/h6-9H,10H2,1-5H3,(H,17,18,20). The van der Waals surface area contributed by atoms with E-state index in [4.69, 9.17) is 0 Å². The molecule has 116 valence electrons. The molecule has 0 atom stereocenters. The van der Waals surface area contributed by atoms with E-state index in [1.165, 1.54) is 5.56 Å². The quantitative estimate of drug-likeness (QED) is 0.807. The van der Waals surface area contributed by atoms with Gasteiger partial charge in [-0.25, -0.2) is 0 Å². The largest absolute Gasteiger partial charge is 0.251 e. The van der Waals surface area contributed by atoms with Gasteiger partial charge >= 0.3 is 0 Å². The number of hydrogen-bond donors (Lipinski definition) is 1. The molecule has 0 saturated heterocycles. The molecule has 0 amide bonds. The fourth-order valence-corrected chi connectivity index (χ4v) is 2.48. The highest BCUT2D eigenvalue weighted by Gasteiger charge is 2.24. The normalized spacial score (nSPS) is 13.0. The monoisotopic (exact) mass is 298 g/mol. The number of aromatic nitrogens is 6. The Kier molecular flexibility index (Phi) is 3.27. The van der Waals surface area contributed by atoms with Gasteiger partial charge in [-0.05, 0) is 17.7 Å². The second-order valence-corrected chi connectivity index (χ2v) is 7.46. The SMILES string of the molecule is CC(C)(C)c1cn(CC(C)(C)c2ccc3n[nH]nc3c2)nn1. The molecule has 0 aliphatic rings. The Hall–Kier alpha value is -2.24. The van der Waals surface area contributed by atoms with E-state index in [2.05, 4.69) is 72.5 Å². The zero-order valence-corrected chi connectivity index (χ0v) is 13.8. The van der Waals surface area contributed by atoms with Crippen molar-refractivity contribution < 1.29 is 0 Å². The molecule has 3 aromatic rings. The summed E-state index contributed by atoms with van der Waals surface area (Å²) in [5, 5.41) is 19.5. The average Bonchev–Trinajstić information content (AvgIpc) is 3.04. The molecule has 0 bridgehead atoms. The molecule has 0 aliphatic heterocycles. The molecular weight excluding hydrogens is 276 g/mol. The Labute approximate surface area is 129 Å². The summed E-state index contributed by atoms with van der Waals surface area (Å²) in [6.07, 6.45) is 2.04. The molecule has 0 unspecified atom stereocenters. The van der Waals surface area contributed by atoms with Crippen molar-refractivity contribution in [1.82, 2.24) is 30.4 Å². The van der Waals surface area contributed by atoms with Crippen molar-refractivity contribution in [2.45, 2.75) is 52.0 Å². The van der Waals surface area contributed by atoms with Crippen molar-refractivity contribution in [3.05, 3.63) is 35.7 Å². The zero-order chi connectivity index (χ0) is 16.0. The molecule has 2 aromatic heterocycles. The highest BCUT2D eigenvalue weighted by molar-refractivity contribution is 5.74. The predicted molar refractivity (Wildman–Crippen MR) is 85.6 cm³/mol. The van der Waals surface area contributed by atoms with E-state index in [9.17, 15) is 0 Å². The van der Waals surface area contributed by atoms with Crippen LogP contribution < -0.4 is 0 Å². The number of hydrogen-bond acceptors (Lipinski definition) is 4. The van der Waals surface area contributed by atoms with Crippen molar-refractivity contribution >= 4 is 11.0 Å². The number of H-pyrrole nitrogens is 1. The predicted octanol–water partition coefficient (Wildman–Crippen LogP) is 2.82. The number of nitrogens with zero attached hydrogens (tertiary/aromatic N) is 5. The van der Waals surface area contributed by atoms with E-state index < -0.39 is 0 Å². The van der Waals surface area contributed by atoms with E-state index in [1.54, 1.807) is 0 Å². The van der Waals surface area contributed by atoms with Crippen molar-refractivity contribution in [3.63, 3.8) is 0 Å². The molecule has 0 aliphatic carbocycles. The van der Waals surface area contributed by atoms with E-state index in [1.807, 2.05) is 16.9 Å². The van der Waals surface area contributed by atoms with Crippen molar-refractivity contribution in [1.29, 1.82) is 0 Å². The van der Waals surface area contributed by atoms with Crippen molar-refractivity contribution in [2.24, 2.45) is 0 Å². The van der Waals surface area contributed by atoms with Crippen LogP contribution in [0.3, 0.4) is 0 Å². The fraction of sp³-hybridized carbons (Fsp3) is 0.500. The summed E-state index contributed by atoms with van der Waals surface area (Å²) in [6.45, 7) is 11.6. The minimum Gasteiger partial charge on any atom is -0.251 e. The van der Waals surface area contributed by atoms with Crippen LogP contribution in [0, 0.1) is 0 Å². The lowest BCUT2D eigenvalue weighted by Crippen LogP contribution is -2.25. The second kappa shape index (κ2) is 4.90. The van der Waals surface area contributed by atoms with Gasteiger partial charge < -0.3 is 0 Å². The summed E-state index contributed by atoms with van der Waals surface area (Å²) in [5.41, 5.74) is 3.93. The summed E-state index contributed by atoms with van der Waals surface area (Å²) < 4.78 is 1.92. The molecule has 3 rings (SSSR count). The average molecular weight is 298 g/mol. The van der Waals surface area contributed by atoms with E-state index >= 15 is 0 Å². The molecule has 6 nitrogen and oxygen atoms in total. The highest BCUT2D eigenvalue weighted by Crippen LogP contribution is 2.27. The minimum atomic E-state index is -0.0734. The van der Waals surface area contributed by atoms with Gasteiger partial charge in [0, 0.05) is 17.0 Å². The first kappa shape index (κ1) is 14.7. The van der Waals surface area contributed by atoms with Crippen LogP contribution in [0.15, 0.2) is 24.4 Å². The Bertz CT molecular complexity index is 790. The summed E-state index contributed by atoms with van der Waals surface area (Å²) in [6, 6.07) is 6.19. The van der Waals surface area contributed by atoms with Crippen LogP contribution in [0.5, 0.6) is 0 Å². The molecule has 0 saturated carbocycles. The molecule has 1 N–H and O–H groups in total. The summed E-state index contributed by atoms with van der Waals surface area (Å²) >= 11 is 0. The molecule has 2 heterocycles. The van der Waals surface area contributed by atoms with Gasteiger partial charge in [0.05, 0.1) is 12.2 Å². The van der Waals surface area contributed by atoms with Gasteiger partial charge in [-0.15, -0.1) is 5.10 Å². The molecule has 1 aromatic carbocycles. The topological polar surface area (TPSA) is 72.3 Å². The Morgan fingerprint density at radius 1 is 1.05 bits per heavy atom. The highest BCUT2D eigenvalue weighted by atomic mass is 15.4. The maximum atomic E-state index is 4.29. The number of rotatable bonds is 3. The van der Waals surface area contributed by atoms with Gasteiger partial charge in [0.15, 0.2) is 0 Å². The van der Waals surface area contributed by atoms with Crippen LogP contribution in [0.1, 0.15) is 45.9 Å². The zero-order valence-electron chi connectivity index (χ0n) is 13.8. The lowest BCUT2D eigenvalue weighted by molar-refractivity contribution is 0.402. The molecule has 0 spiro atoms.